The third-order valence-corrected chi connectivity index (χ3v) is 4.41. The van der Waals surface area contributed by atoms with Gasteiger partial charge in [-0.3, -0.25) is 0 Å². The quantitative estimate of drug-likeness (QED) is 0.669. The van der Waals surface area contributed by atoms with Gasteiger partial charge in [0.1, 0.15) is 0 Å². The first-order valence-electron chi connectivity index (χ1n) is 8.47. The van der Waals surface area contributed by atoms with Crippen molar-refractivity contribution in [2.45, 2.75) is 32.8 Å². The summed E-state index contributed by atoms with van der Waals surface area (Å²) >= 11 is 0. The molecule has 24 heavy (non-hydrogen) atoms. The van der Waals surface area contributed by atoms with E-state index in [0.717, 1.165) is 12.1 Å². The number of anilines is 1. The molecule has 4 nitrogen and oxygen atoms in total. The third kappa shape index (κ3) is 3.77. The van der Waals surface area contributed by atoms with Crippen LogP contribution in [-0.2, 0) is 6.42 Å². The average molecular weight is 324 g/mol. The molecule has 0 saturated carbocycles. The molecule has 0 radical (unpaired) electrons. The first-order valence-corrected chi connectivity index (χ1v) is 8.47. The largest absolute Gasteiger partial charge is 0.393 e. The molecule has 1 aliphatic carbocycles. The van der Waals surface area contributed by atoms with E-state index in [1.807, 2.05) is 19.1 Å². The van der Waals surface area contributed by atoms with Crippen molar-refractivity contribution in [3.63, 3.8) is 0 Å². The number of benzene rings is 2. The summed E-state index contributed by atoms with van der Waals surface area (Å²) in [5, 5.41) is 15.1. The van der Waals surface area contributed by atoms with Crippen LogP contribution >= 0.6 is 0 Å². The van der Waals surface area contributed by atoms with E-state index in [1.54, 1.807) is 6.92 Å². The number of aliphatic hydroxyl groups is 1. The highest BCUT2D eigenvalue weighted by atomic mass is 16.3. The molecule has 2 aromatic rings. The average Bonchev–Trinajstić information content (AvgIpc) is 2.90. The lowest BCUT2D eigenvalue weighted by Crippen LogP contribution is -2.33. The molecule has 0 aromatic heterocycles. The van der Waals surface area contributed by atoms with Gasteiger partial charge in [0.2, 0.25) is 0 Å². The smallest absolute Gasteiger partial charge is 0.319 e. The Bertz CT molecular complexity index is 740. The third-order valence-electron chi connectivity index (χ3n) is 4.41. The molecule has 2 amide bonds. The van der Waals surface area contributed by atoms with Crippen molar-refractivity contribution in [1.82, 2.24) is 5.32 Å². The van der Waals surface area contributed by atoms with Gasteiger partial charge in [-0.25, -0.2) is 4.79 Å². The van der Waals surface area contributed by atoms with E-state index in [4.69, 9.17) is 0 Å². The fraction of sp³-hybridized carbons (Fsp3) is 0.350. The standard InChI is InChI=1S/C20H24N2O2/c1-13(9-14(2)23)12-21-20(24)22-17-7-8-19-16(11-17)10-15-5-3-4-6-18(15)19/h3-8,11,13-14,23H,9-10,12H2,1-2H3,(H2,21,22,24). The Morgan fingerprint density at radius 1 is 1.12 bits per heavy atom. The topological polar surface area (TPSA) is 61.4 Å². The van der Waals surface area contributed by atoms with Crippen LogP contribution in [0.2, 0.25) is 0 Å². The molecule has 0 heterocycles. The van der Waals surface area contributed by atoms with Gasteiger partial charge in [0, 0.05) is 12.2 Å². The molecule has 0 saturated heterocycles. The first-order chi connectivity index (χ1) is 11.5. The SMILES string of the molecule is CC(O)CC(C)CNC(=O)Nc1ccc2c(c1)Cc1ccccc1-2. The number of aliphatic hydroxyl groups excluding tert-OH is 1. The van der Waals surface area contributed by atoms with Crippen LogP contribution in [0, 0.1) is 5.92 Å². The zero-order valence-corrected chi connectivity index (χ0v) is 14.2. The van der Waals surface area contributed by atoms with Gasteiger partial charge in [-0.1, -0.05) is 37.3 Å². The fourth-order valence-electron chi connectivity index (χ4n) is 3.33. The van der Waals surface area contributed by atoms with Crippen molar-refractivity contribution < 1.29 is 9.90 Å². The Hall–Kier alpha value is -2.33. The Balaban J connectivity index is 1.59. The van der Waals surface area contributed by atoms with Crippen LogP contribution in [-0.4, -0.2) is 23.8 Å². The zero-order chi connectivity index (χ0) is 17.1. The summed E-state index contributed by atoms with van der Waals surface area (Å²) in [4.78, 5) is 12.0. The van der Waals surface area contributed by atoms with E-state index in [1.165, 1.54) is 22.3 Å². The second-order valence-electron chi connectivity index (χ2n) is 6.73. The van der Waals surface area contributed by atoms with E-state index in [9.17, 15) is 9.90 Å². The van der Waals surface area contributed by atoms with Crippen molar-refractivity contribution in [3.8, 4) is 11.1 Å². The molecule has 4 heteroatoms. The van der Waals surface area contributed by atoms with E-state index < -0.39 is 0 Å². The maximum atomic E-state index is 12.0. The maximum Gasteiger partial charge on any atom is 0.319 e. The molecule has 0 spiro atoms. The summed E-state index contributed by atoms with van der Waals surface area (Å²) in [6.45, 7) is 4.33. The van der Waals surface area contributed by atoms with Gasteiger partial charge in [-0.05, 0) is 60.1 Å². The van der Waals surface area contributed by atoms with E-state index in [0.29, 0.717) is 13.0 Å². The number of carbonyl (C=O) groups is 1. The van der Waals surface area contributed by atoms with E-state index in [-0.39, 0.29) is 18.1 Å². The Morgan fingerprint density at radius 3 is 2.67 bits per heavy atom. The number of nitrogens with one attached hydrogen (secondary N) is 2. The van der Waals surface area contributed by atoms with Crippen LogP contribution in [0.3, 0.4) is 0 Å². The van der Waals surface area contributed by atoms with Crippen molar-refractivity contribution in [3.05, 3.63) is 53.6 Å². The van der Waals surface area contributed by atoms with Gasteiger partial charge >= 0.3 is 6.03 Å². The van der Waals surface area contributed by atoms with E-state index >= 15 is 0 Å². The molecule has 3 N–H and O–H groups in total. The zero-order valence-electron chi connectivity index (χ0n) is 14.2. The second kappa shape index (κ2) is 7.05. The van der Waals surface area contributed by atoms with Crippen LogP contribution < -0.4 is 10.6 Å². The fourth-order valence-corrected chi connectivity index (χ4v) is 3.33. The van der Waals surface area contributed by atoms with Gasteiger partial charge in [-0.2, -0.15) is 0 Å². The lowest BCUT2D eigenvalue weighted by Gasteiger charge is -2.15. The highest BCUT2D eigenvalue weighted by Crippen LogP contribution is 2.37. The van der Waals surface area contributed by atoms with Crippen molar-refractivity contribution >= 4 is 11.7 Å². The predicted octanol–water partition coefficient (Wildman–Crippen LogP) is 3.79. The molecular weight excluding hydrogens is 300 g/mol. The highest BCUT2D eigenvalue weighted by Gasteiger charge is 2.18. The van der Waals surface area contributed by atoms with Crippen LogP contribution in [0.5, 0.6) is 0 Å². The lowest BCUT2D eigenvalue weighted by molar-refractivity contribution is 0.163. The number of carbonyl (C=O) groups excluding carboxylic acids is 1. The second-order valence-corrected chi connectivity index (χ2v) is 6.73. The number of amides is 2. The van der Waals surface area contributed by atoms with Crippen molar-refractivity contribution in [2.75, 3.05) is 11.9 Å². The summed E-state index contributed by atoms with van der Waals surface area (Å²) < 4.78 is 0. The molecule has 2 atom stereocenters. The molecule has 0 fully saturated rings. The Labute approximate surface area is 142 Å². The minimum absolute atomic E-state index is 0.206. The Kier molecular flexibility index (Phi) is 4.86. The van der Waals surface area contributed by atoms with E-state index in [2.05, 4.69) is 41.0 Å². The van der Waals surface area contributed by atoms with Crippen molar-refractivity contribution in [2.24, 2.45) is 5.92 Å². The minimum Gasteiger partial charge on any atom is -0.393 e. The summed E-state index contributed by atoms with van der Waals surface area (Å²) in [5.74, 6) is 0.241. The van der Waals surface area contributed by atoms with Crippen LogP contribution in [0.25, 0.3) is 11.1 Å². The number of hydrogen-bond donors (Lipinski definition) is 3. The number of hydrogen-bond acceptors (Lipinski definition) is 2. The maximum absolute atomic E-state index is 12.0. The molecule has 3 rings (SSSR count). The normalized spacial score (nSPS) is 14.5. The molecule has 2 aromatic carbocycles. The predicted molar refractivity (Wildman–Crippen MR) is 97.2 cm³/mol. The van der Waals surface area contributed by atoms with Crippen LogP contribution in [0.1, 0.15) is 31.4 Å². The molecule has 0 aliphatic heterocycles. The van der Waals surface area contributed by atoms with Crippen LogP contribution in [0.15, 0.2) is 42.5 Å². The number of fused-ring (bicyclic) bond motifs is 3. The minimum atomic E-state index is -0.344. The number of urea groups is 1. The number of rotatable bonds is 5. The summed E-state index contributed by atoms with van der Waals surface area (Å²) in [6.07, 6.45) is 1.24. The molecule has 0 bridgehead atoms. The van der Waals surface area contributed by atoms with Gasteiger partial charge in [-0.15, -0.1) is 0 Å². The van der Waals surface area contributed by atoms with Gasteiger partial charge in [0.15, 0.2) is 0 Å². The van der Waals surface area contributed by atoms with Crippen molar-refractivity contribution in [1.29, 1.82) is 0 Å². The van der Waals surface area contributed by atoms with Crippen LogP contribution in [0.4, 0.5) is 10.5 Å². The molecule has 126 valence electrons. The first kappa shape index (κ1) is 16.5. The Morgan fingerprint density at radius 2 is 1.88 bits per heavy atom. The monoisotopic (exact) mass is 324 g/mol. The van der Waals surface area contributed by atoms with Gasteiger partial charge in [0.05, 0.1) is 6.10 Å². The highest BCUT2D eigenvalue weighted by molar-refractivity contribution is 5.90. The van der Waals surface area contributed by atoms with Gasteiger partial charge < -0.3 is 15.7 Å². The van der Waals surface area contributed by atoms with Gasteiger partial charge in [0.25, 0.3) is 0 Å². The summed E-state index contributed by atoms with van der Waals surface area (Å²) in [5.41, 5.74) is 5.93. The summed E-state index contributed by atoms with van der Waals surface area (Å²) in [6, 6.07) is 14.3. The molecule has 2 unspecified atom stereocenters. The summed E-state index contributed by atoms with van der Waals surface area (Å²) in [7, 11) is 0. The molecular formula is C20H24N2O2. The molecule has 1 aliphatic rings. The lowest BCUT2D eigenvalue weighted by atomic mass is 10.1.